The van der Waals surface area contributed by atoms with Crippen molar-refractivity contribution in [3.8, 4) is 11.3 Å². The molecule has 0 aliphatic heterocycles. The second-order valence-corrected chi connectivity index (χ2v) is 7.62. The van der Waals surface area contributed by atoms with E-state index in [-0.39, 0.29) is 0 Å². The van der Waals surface area contributed by atoms with Crippen LogP contribution in [-0.4, -0.2) is 11.1 Å². The molecule has 0 atom stereocenters. The Balaban J connectivity index is 1.52. The molecule has 3 aromatic rings. The molecule has 7 heteroatoms. The summed E-state index contributed by atoms with van der Waals surface area (Å²) in [5.41, 5.74) is 3.96. The third-order valence-corrected chi connectivity index (χ3v) is 5.36. The van der Waals surface area contributed by atoms with Crippen molar-refractivity contribution in [2.24, 2.45) is 0 Å². The van der Waals surface area contributed by atoms with Gasteiger partial charge in [-0.15, -0.1) is 0 Å². The zero-order valence-corrected chi connectivity index (χ0v) is 16.9. The van der Waals surface area contributed by atoms with Crippen LogP contribution in [0.1, 0.15) is 40.8 Å². The van der Waals surface area contributed by atoms with E-state index in [0.29, 0.717) is 11.3 Å². The van der Waals surface area contributed by atoms with E-state index in [1.54, 1.807) is 0 Å². The summed E-state index contributed by atoms with van der Waals surface area (Å²) in [6.07, 6.45) is 2.18. The highest BCUT2D eigenvalue weighted by atomic mass is 19.4. The molecular weight excluding hydrogens is 405 g/mol. The van der Waals surface area contributed by atoms with Gasteiger partial charge in [0.05, 0.1) is 11.3 Å². The minimum absolute atomic E-state index is 0.295. The van der Waals surface area contributed by atoms with E-state index >= 15 is 0 Å². The number of carbonyl (C=O) groups is 1. The molecule has 0 saturated heterocycles. The Morgan fingerprint density at radius 3 is 2.74 bits per heavy atom. The Labute approximate surface area is 177 Å². The maximum absolute atomic E-state index is 12.8. The highest BCUT2D eigenvalue weighted by molar-refractivity contribution is 6.02. The van der Waals surface area contributed by atoms with Gasteiger partial charge in [0.15, 0.2) is 5.76 Å². The first-order valence-corrected chi connectivity index (χ1v) is 10.1. The van der Waals surface area contributed by atoms with Crippen molar-refractivity contribution < 1.29 is 22.5 Å². The van der Waals surface area contributed by atoms with Gasteiger partial charge in [-0.3, -0.25) is 4.79 Å². The van der Waals surface area contributed by atoms with Crippen molar-refractivity contribution in [1.82, 2.24) is 5.16 Å². The molecule has 1 aliphatic rings. The number of rotatable bonds is 4. The number of alkyl halides is 3. The minimum atomic E-state index is -4.43. The number of benzene rings is 2. The molecule has 0 radical (unpaired) electrons. The monoisotopic (exact) mass is 426 g/mol. The van der Waals surface area contributed by atoms with E-state index in [1.165, 1.54) is 24.3 Å². The lowest BCUT2D eigenvalue weighted by Crippen LogP contribution is -2.09. The number of halogens is 3. The van der Waals surface area contributed by atoms with E-state index in [1.807, 2.05) is 25.1 Å². The third-order valence-electron chi connectivity index (χ3n) is 5.36. The predicted molar refractivity (Wildman–Crippen MR) is 112 cm³/mol. The molecule has 1 aliphatic carbocycles. The molecule has 160 valence electrons. The molecule has 1 amide bonds. The van der Waals surface area contributed by atoms with E-state index in [0.717, 1.165) is 66.0 Å². The predicted octanol–water partition coefficient (Wildman–Crippen LogP) is 6.20. The molecule has 31 heavy (non-hydrogen) atoms. The van der Waals surface area contributed by atoms with Crippen LogP contribution >= 0.6 is 0 Å². The molecule has 0 bridgehead atoms. The average Bonchev–Trinajstić information content (AvgIpc) is 3.18. The molecule has 1 N–H and O–H groups in total. The summed E-state index contributed by atoms with van der Waals surface area (Å²) in [6, 6.07) is 10.5. The number of aryl methyl sites for hydroxylation is 2. The Hall–Kier alpha value is -3.35. The van der Waals surface area contributed by atoms with Crippen molar-refractivity contribution in [3.05, 3.63) is 76.5 Å². The van der Waals surface area contributed by atoms with Gasteiger partial charge in [-0.1, -0.05) is 29.4 Å². The summed E-state index contributed by atoms with van der Waals surface area (Å²) in [5.74, 6) is 0.293. The first-order chi connectivity index (χ1) is 14.8. The van der Waals surface area contributed by atoms with Crippen molar-refractivity contribution in [3.63, 3.8) is 0 Å². The number of anilines is 1. The summed E-state index contributed by atoms with van der Waals surface area (Å²) in [5, 5.41) is 6.98. The zero-order valence-electron chi connectivity index (χ0n) is 16.9. The van der Waals surface area contributed by atoms with Gasteiger partial charge in [0.25, 0.3) is 0 Å². The van der Waals surface area contributed by atoms with Crippen LogP contribution in [0.2, 0.25) is 0 Å². The molecule has 0 spiro atoms. The van der Waals surface area contributed by atoms with Gasteiger partial charge in [-0.25, -0.2) is 0 Å². The number of carbonyl (C=O) groups excluding carboxylic acids is 1. The number of nitrogens with one attached hydrogen (secondary N) is 1. The molecule has 1 aromatic heterocycles. The standard InChI is InChI=1S/C24H21F3N2O2/c1-15-9-11-17(23-19-7-2-3-8-20(19)29-31-23)14-21(15)28-22(30)12-10-16-5-4-6-18(13-16)24(25,26)27/h4-6,9-14H,2-3,7-8H2,1H3,(H,28,30)/b12-10+. The molecule has 1 heterocycles. The summed E-state index contributed by atoms with van der Waals surface area (Å²) < 4.78 is 44.1. The van der Waals surface area contributed by atoms with Crippen LogP contribution in [0.15, 0.2) is 53.1 Å². The first-order valence-electron chi connectivity index (χ1n) is 10.1. The molecular formula is C24H21F3N2O2. The maximum atomic E-state index is 12.8. The summed E-state index contributed by atoms with van der Waals surface area (Å²) in [6.45, 7) is 1.87. The van der Waals surface area contributed by atoms with Crippen LogP contribution in [0.4, 0.5) is 18.9 Å². The minimum Gasteiger partial charge on any atom is -0.356 e. The van der Waals surface area contributed by atoms with Gasteiger partial charge in [-0.2, -0.15) is 13.2 Å². The number of aromatic nitrogens is 1. The number of hydrogen-bond acceptors (Lipinski definition) is 3. The topological polar surface area (TPSA) is 55.1 Å². The van der Waals surface area contributed by atoms with Gasteiger partial charge in [0.1, 0.15) is 0 Å². The van der Waals surface area contributed by atoms with E-state index < -0.39 is 17.6 Å². The Morgan fingerprint density at radius 1 is 1.13 bits per heavy atom. The quantitative estimate of drug-likeness (QED) is 0.506. The fourth-order valence-corrected chi connectivity index (χ4v) is 3.68. The Kier molecular flexibility index (Phi) is 5.67. The van der Waals surface area contributed by atoms with Crippen LogP contribution in [0.3, 0.4) is 0 Å². The Morgan fingerprint density at radius 2 is 1.94 bits per heavy atom. The number of nitrogens with zero attached hydrogens (tertiary/aromatic N) is 1. The normalized spacial score (nSPS) is 13.9. The second kappa shape index (κ2) is 8.41. The SMILES string of the molecule is Cc1ccc(-c2onc3c2CCCC3)cc1NC(=O)/C=C/c1cccc(C(F)(F)F)c1. The van der Waals surface area contributed by atoms with Crippen LogP contribution < -0.4 is 5.32 Å². The van der Waals surface area contributed by atoms with Crippen molar-refractivity contribution in [2.75, 3.05) is 5.32 Å². The lowest BCUT2D eigenvalue weighted by atomic mass is 9.93. The molecule has 2 aromatic carbocycles. The highest BCUT2D eigenvalue weighted by Gasteiger charge is 2.30. The van der Waals surface area contributed by atoms with Gasteiger partial charge in [0.2, 0.25) is 5.91 Å². The Bertz CT molecular complexity index is 1150. The smallest absolute Gasteiger partial charge is 0.356 e. The van der Waals surface area contributed by atoms with E-state index in [2.05, 4.69) is 10.5 Å². The fourth-order valence-electron chi connectivity index (χ4n) is 3.68. The molecule has 4 nitrogen and oxygen atoms in total. The fraction of sp³-hybridized carbons (Fsp3) is 0.250. The molecule has 0 fully saturated rings. The van der Waals surface area contributed by atoms with E-state index in [9.17, 15) is 18.0 Å². The molecule has 0 unspecified atom stereocenters. The van der Waals surface area contributed by atoms with Crippen LogP contribution in [0, 0.1) is 6.92 Å². The lowest BCUT2D eigenvalue weighted by Gasteiger charge is -2.11. The van der Waals surface area contributed by atoms with E-state index in [4.69, 9.17) is 4.52 Å². The largest absolute Gasteiger partial charge is 0.416 e. The molecule has 0 saturated carbocycles. The first kappa shape index (κ1) is 20.9. The van der Waals surface area contributed by atoms with Gasteiger partial charge >= 0.3 is 6.18 Å². The number of amides is 1. The average molecular weight is 426 g/mol. The zero-order chi connectivity index (χ0) is 22.0. The van der Waals surface area contributed by atoms with Crippen molar-refractivity contribution in [2.45, 2.75) is 38.8 Å². The number of hydrogen-bond donors (Lipinski definition) is 1. The molecule has 4 rings (SSSR count). The maximum Gasteiger partial charge on any atom is 0.416 e. The van der Waals surface area contributed by atoms with Gasteiger partial charge in [0, 0.05) is 22.9 Å². The van der Waals surface area contributed by atoms with Crippen LogP contribution in [0.25, 0.3) is 17.4 Å². The number of fused-ring (bicyclic) bond motifs is 1. The lowest BCUT2D eigenvalue weighted by molar-refractivity contribution is -0.137. The van der Waals surface area contributed by atoms with Crippen LogP contribution in [0.5, 0.6) is 0 Å². The van der Waals surface area contributed by atoms with Crippen LogP contribution in [-0.2, 0) is 23.8 Å². The third kappa shape index (κ3) is 4.71. The summed E-state index contributed by atoms with van der Waals surface area (Å²) >= 11 is 0. The van der Waals surface area contributed by atoms with Crippen molar-refractivity contribution >= 4 is 17.7 Å². The van der Waals surface area contributed by atoms with Crippen molar-refractivity contribution in [1.29, 1.82) is 0 Å². The van der Waals surface area contributed by atoms with Gasteiger partial charge in [-0.05, 0) is 68.0 Å². The summed E-state index contributed by atoms with van der Waals surface area (Å²) in [7, 11) is 0. The van der Waals surface area contributed by atoms with Gasteiger partial charge < -0.3 is 9.84 Å². The highest BCUT2D eigenvalue weighted by Crippen LogP contribution is 2.33. The second-order valence-electron chi connectivity index (χ2n) is 7.62. The summed E-state index contributed by atoms with van der Waals surface area (Å²) in [4.78, 5) is 12.4.